The average molecular weight is 201 g/mol. The second-order valence-electron chi connectivity index (χ2n) is 4.49. The number of methoxy groups -OCH3 is 1. The van der Waals surface area contributed by atoms with Crippen molar-refractivity contribution in [2.45, 2.75) is 38.8 Å². The molecule has 0 bridgehead atoms. The minimum atomic E-state index is -0.269. The van der Waals surface area contributed by atoms with Crippen molar-refractivity contribution in [3.8, 4) is 0 Å². The number of rotatable bonds is 4. The summed E-state index contributed by atoms with van der Waals surface area (Å²) in [5, 5.41) is 9.76. The zero-order valence-corrected chi connectivity index (χ0v) is 9.57. The monoisotopic (exact) mass is 201 g/mol. The molecule has 84 valence electrons. The summed E-state index contributed by atoms with van der Waals surface area (Å²) in [7, 11) is 1.65. The van der Waals surface area contributed by atoms with Crippen LogP contribution in [0.3, 0.4) is 0 Å². The summed E-state index contributed by atoms with van der Waals surface area (Å²) in [6, 6.07) is 0.635. The van der Waals surface area contributed by atoms with Crippen LogP contribution < -0.4 is 0 Å². The zero-order valence-electron chi connectivity index (χ0n) is 9.57. The van der Waals surface area contributed by atoms with E-state index in [1.807, 2.05) is 0 Å². The van der Waals surface area contributed by atoms with Crippen LogP contribution in [0.4, 0.5) is 0 Å². The third-order valence-corrected chi connectivity index (χ3v) is 3.19. The van der Waals surface area contributed by atoms with E-state index in [2.05, 4.69) is 18.7 Å². The summed E-state index contributed by atoms with van der Waals surface area (Å²) in [6.45, 7) is 7.16. The Labute approximate surface area is 87.1 Å². The Kier molecular flexibility index (Phi) is 4.85. The van der Waals surface area contributed by atoms with Crippen LogP contribution in [-0.4, -0.2) is 49.0 Å². The molecule has 1 fully saturated rings. The standard InChI is InChI=1S/C11H23NO2/c1-9(2)12-6-4-10(5-7-12)11(13)8-14-3/h9-11,13H,4-8H2,1-3H3. The Bertz CT molecular complexity index is 153. The quantitative estimate of drug-likeness (QED) is 0.739. The molecule has 1 rings (SSSR count). The predicted molar refractivity (Wildman–Crippen MR) is 57.3 cm³/mol. The van der Waals surface area contributed by atoms with E-state index in [1.54, 1.807) is 7.11 Å². The van der Waals surface area contributed by atoms with Gasteiger partial charge in [-0.1, -0.05) is 0 Å². The second kappa shape index (κ2) is 5.69. The third kappa shape index (κ3) is 3.23. The number of hydrogen-bond acceptors (Lipinski definition) is 3. The van der Waals surface area contributed by atoms with E-state index in [-0.39, 0.29) is 6.10 Å². The van der Waals surface area contributed by atoms with Crippen LogP contribution in [0.2, 0.25) is 0 Å². The molecule has 3 heteroatoms. The highest BCUT2D eigenvalue weighted by Crippen LogP contribution is 2.22. The number of hydrogen-bond donors (Lipinski definition) is 1. The molecule has 1 saturated heterocycles. The Hall–Kier alpha value is -0.120. The number of ether oxygens (including phenoxy) is 1. The maximum atomic E-state index is 9.76. The van der Waals surface area contributed by atoms with Crippen LogP contribution in [-0.2, 0) is 4.74 Å². The molecule has 1 unspecified atom stereocenters. The molecule has 1 N–H and O–H groups in total. The molecular formula is C11H23NO2. The summed E-state index contributed by atoms with van der Waals surface area (Å²) in [5.74, 6) is 0.435. The topological polar surface area (TPSA) is 32.7 Å². The van der Waals surface area contributed by atoms with Gasteiger partial charge in [-0.05, 0) is 45.7 Å². The summed E-state index contributed by atoms with van der Waals surface area (Å²) in [5.41, 5.74) is 0. The molecule has 0 radical (unpaired) electrons. The number of likely N-dealkylation sites (tertiary alicyclic amines) is 1. The first-order valence-corrected chi connectivity index (χ1v) is 5.56. The van der Waals surface area contributed by atoms with Crippen molar-refractivity contribution >= 4 is 0 Å². The van der Waals surface area contributed by atoms with Gasteiger partial charge in [-0.15, -0.1) is 0 Å². The number of nitrogens with zero attached hydrogens (tertiary/aromatic N) is 1. The summed E-state index contributed by atoms with van der Waals surface area (Å²) in [4.78, 5) is 2.47. The molecule has 0 aromatic rings. The maximum absolute atomic E-state index is 9.76. The van der Waals surface area contributed by atoms with Crippen LogP contribution in [0.25, 0.3) is 0 Å². The van der Waals surface area contributed by atoms with Crippen LogP contribution in [0.5, 0.6) is 0 Å². The van der Waals surface area contributed by atoms with Gasteiger partial charge in [-0.2, -0.15) is 0 Å². The first-order valence-electron chi connectivity index (χ1n) is 5.56. The van der Waals surface area contributed by atoms with E-state index in [0.29, 0.717) is 18.6 Å². The smallest absolute Gasteiger partial charge is 0.0802 e. The fourth-order valence-corrected chi connectivity index (χ4v) is 2.13. The van der Waals surface area contributed by atoms with Crippen LogP contribution in [0.15, 0.2) is 0 Å². The van der Waals surface area contributed by atoms with E-state index < -0.39 is 0 Å². The van der Waals surface area contributed by atoms with Crippen LogP contribution in [0, 0.1) is 5.92 Å². The summed E-state index contributed by atoms with van der Waals surface area (Å²) >= 11 is 0. The fraction of sp³-hybridized carbons (Fsp3) is 1.00. The molecule has 3 nitrogen and oxygen atoms in total. The largest absolute Gasteiger partial charge is 0.390 e. The lowest BCUT2D eigenvalue weighted by atomic mass is 9.91. The predicted octanol–water partition coefficient (Wildman–Crippen LogP) is 1.11. The zero-order chi connectivity index (χ0) is 10.6. The molecule has 0 aromatic heterocycles. The minimum Gasteiger partial charge on any atom is -0.390 e. The van der Waals surface area contributed by atoms with Crippen LogP contribution in [0.1, 0.15) is 26.7 Å². The molecular weight excluding hydrogens is 178 g/mol. The molecule has 1 aliphatic heterocycles. The van der Waals surface area contributed by atoms with Gasteiger partial charge in [0.25, 0.3) is 0 Å². The summed E-state index contributed by atoms with van der Waals surface area (Å²) < 4.78 is 4.97. The highest BCUT2D eigenvalue weighted by molar-refractivity contribution is 4.78. The average Bonchev–Trinajstić information content (AvgIpc) is 2.18. The number of aliphatic hydroxyl groups is 1. The molecule has 0 saturated carbocycles. The second-order valence-corrected chi connectivity index (χ2v) is 4.49. The molecule has 0 aromatic carbocycles. The van der Waals surface area contributed by atoms with Gasteiger partial charge in [-0.3, -0.25) is 0 Å². The van der Waals surface area contributed by atoms with Crippen molar-refractivity contribution in [3.63, 3.8) is 0 Å². The van der Waals surface area contributed by atoms with Gasteiger partial charge in [0.15, 0.2) is 0 Å². The van der Waals surface area contributed by atoms with Gasteiger partial charge in [0.2, 0.25) is 0 Å². The highest BCUT2D eigenvalue weighted by Gasteiger charge is 2.25. The van der Waals surface area contributed by atoms with Crippen LogP contribution >= 0.6 is 0 Å². The Morgan fingerprint density at radius 3 is 2.36 bits per heavy atom. The van der Waals surface area contributed by atoms with E-state index in [9.17, 15) is 5.11 Å². The third-order valence-electron chi connectivity index (χ3n) is 3.19. The first kappa shape index (κ1) is 12.0. The van der Waals surface area contributed by atoms with Gasteiger partial charge in [-0.25, -0.2) is 0 Å². The molecule has 1 atom stereocenters. The Balaban J connectivity index is 2.28. The normalized spacial score (nSPS) is 22.9. The van der Waals surface area contributed by atoms with E-state index in [4.69, 9.17) is 4.74 Å². The van der Waals surface area contributed by atoms with Crippen molar-refractivity contribution in [1.82, 2.24) is 4.90 Å². The highest BCUT2D eigenvalue weighted by atomic mass is 16.5. The Morgan fingerprint density at radius 2 is 1.93 bits per heavy atom. The lowest BCUT2D eigenvalue weighted by molar-refractivity contribution is -0.00105. The molecule has 1 aliphatic rings. The number of piperidine rings is 1. The van der Waals surface area contributed by atoms with Crippen molar-refractivity contribution in [2.75, 3.05) is 26.8 Å². The molecule has 0 spiro atoms. The Morgan fingerprint density at radius 1 is 1.36 bits per heavy atom. The van der Waals surface area contributed by atoms with Crippen molar-refractivity contribution < 1.29 is 9.84 Å². The van der Waals surface area contributed by atoms with E-state index in [0.717, 1.165) is 25.9 Å². The maximum Gasteiger partial charge on any atom is 0.0802 e. The first-order chi connectivity index (χ1) is 6.65. The fourth-order valence-electron chi connectivity index (χ4n) is 2.13. The van der Waals surface area contributed by atoms with Gasteiger partial charge in [0.05, 0.1) is 12.7 Å². The van der Waals surface area contributed by atoms with Gasteiger partial charge in [0, 0.05) is 13.2 Å². The van der Waals surface area contributed by atoms with Gasteiger partial charge < -0.3 is 14.7 Å². The van der Waals surface area contributed by atoms with Crippen molar-refractivity contribution in [3.05, 3.63) is 0 Å². The van der Waals surface area contributed by atoms with E-state index in [1.165, 1.54) is 0 Å². The van der Waals surface area contributed by atoms with Gasteiger partial charge >= 0.3 is 0 Å². The number of aliphatic hydroxyl groups excluding tert-OH is 1. The minimum absolute atomic E-state index is 0.269. The lowest BCUT2D eigenvalue weighted by Gasteiger charge is -2.36. The van der Waals surface area contributed by atoms with Gasteiger partial charge in [0.1, 0.15) is 0 Å². The summed E-state index contributed by atoms with van der Waals surface area (Å²) in [6.07, 6.45) is 1.93. The lowest BCUT2D eigenvalue weighted by Crippen LogP contribution is -2.42. The SMILES string of the molecule is COCC(O)C1CCN(C(C)C)CC1. The van der Waals surface area contributed by atoms with Crippen molar-refractivity contribution in [2.24, 2.45) is 5.92 Å². The molecule has 1 heterocycles. The molecule has 14 heavy (non-hydrogen) atoms. The molecule has 0 aliphatic carbocycles. The van der Waals surface area contributed by atoms with E-state index >= 15 is 0 Å². The van der Waals surface area contributed by atoms with Crippen molar-refractivity contribution in [1.29, 1.82) is 0 Å². The molecule has 0 amide bonds.